The van der Waals surface area contributed by atoms with Crippen molar-refractivity contribution in [3.8, 4) is 0 Å². The minimum absolute atomic E-state index is 0.0463. The third-order valence-electron chi connectivity index (χ3n) is 3.72. The molecule has 106 valence electrons. The van der Waals surface area contributed by atoms with Gasteiger partial charge >= 0.3 is 0 Å². The van der Waals surface area contributed by atoms with Crippen molar-refractivity contribution < 1.29 is 8.42 Å². The quantitative estimate of drug-likeness (QED) is 0.886. The zero-order valence-corrected chi connectivity index (χ0v) is 12.2. The summed E-state index contributed by atoms with van der Waals surface area (Å²) in [6.07, 6.45) is 5.80. The molecule has 0 saturated heterocycles. The molecule has 1 aliphatic carbocycles. The van der Waals surface area contributed by atoms with Gasteiger partial charge in [0.1, 0.15) is 5.82 Å². The molecule has 1 aromatic rings. The van der Waals surface area contributed by atoms with Crippen molar-refractivity contribution in [2.75, 3.05) is 12.4 Å². The number of rotatable bonds is 4. The molecule has 0 aromatic carbocycles. The highest BCUT2D eigenvalue weighted by molar-refractivity contribution is 7.89. The zero-order chi connectivity index (χ0) is 13.9. The number of hydrogen-bond acceptors (Lipinski definition) is 4. The minimum atomic E-state index is -3.46. The van der Waals surface area contributed by atoms with Gasteiger partial charge in [-0.05, 0) is 24.8 Å². The van der Waals surface area contributed by atoms with Gasteiger partial charge in [0.2, 0.25) is 10.0 Å². The van der Waals surface area contributed by atoms with Crippen molar-refractivity contribution in [2.24, 2.45) is 5.92 Å². The maximum Gasteiger partial charge on any atom is 0.241 e. The van der Waals surface area contributed by atoms with E-state index in [4.69, 9.17) is 0 Å². The number of sulfonamides is 1. The topological polar surface area (TPSA) is 71.1 Å². The summed E-state index contributed by atoms with van der Waals surface area (Å²) < 4.78 is 27.5. The lowest BCUT2D eigenvalue weighted by atomic mass is 9.87. The molecular formula is C13H21N3O2S. The highest BCUT2D eigenvalue weighted by Gasteiger charge is 2.26. The molecule has 1 saturated carbocycles. The molecule has 0 amide bonds. The summed E-state index contributed by atoms with van der Waals surface area (Å²) in [6, 6.07) is 3.12. The molecule has 0 bridgehead atoms. The van der Waals surface area contributed by atoms with Crippen LogP contribution in [0.5, 0.6) is 0 Å². The van der Waals surface area contributed by atoms with Crippen molar-refractivity contribution in [1.29, 1.82) is 0 Å². The summed E-state index contributed by atoms with van der Waals surface area (Å²) in [7, 11) is -1.74. The van der Waals surface area contributed by atoms with E-state index in [1.807, 2.05) is 0 Å². The van der Waals surface area contributed by atoms with Crippen LogP contribution in [0.1, 0.15) is 32.6 Å². The van der Waals surface area contributed by atoms with Crippen molar-refractivity contribution in [3.63, 3.8) is 0 Å². The van der Waals surface area contributed by atoms with Gasteiger partial charge < -0.3 is 5.32 Å². The molecule has 19 heavy (non-hydrogen) atoms. The van der Waals surface area contributed by atoms with Gasteiger partial charge in [0.25, 0.3) is 0 Å². The number of pyridine rings is 1. The maximum absolute atomic E-state index is 12.3. The Labute approximate surface area is 114 Å². The van der Waals surface area contributed by atoms with Crippen molar-refractivity contribution in [1.82, 2.24) is 9.71 Å². The first kappa shape index (κ1) is 14.3. The molecular weight excluding hydrogens is 262 g/mol. The van der Waals surface area contributed by atoms with Crippen LogP contribution in [0.25, 0.3) is 0 Å². The molecule has 6 heteroatoms. The fourth-order valence-corrected chi connectivity index (χ4v) is 3.87. The normalized spacial score (nSPS) is 24.1. The molecule has 2 N–H and O–H groups in total. The highest BCUT2D eigenvalue weighted by Crippen LogP contribution is 2.25. The monoisotopic (exact) mass is 283 g/mol. The number of nitrogens with zero attached hydrogens (tertiary/aromatic N) is 1. The van der Waals surface area contributed by atoms with E-state index in [0.717, 1.165) is 19.3 Å². The fourth-order valence-electron chi connectivity index (χ4n) is 2.47. The lowest BCUT2D eigenvalue weighted by molar-refractivity contribution is 0.310. The Hall–Kier alpha value is -1.14. The van der Waals surface area contributed by atoms with Gasteiger partial charge in [-0.25, -0.2) is 18.1 Å². The Balaban J connectivity index is 2.17. The molecule has 0 aliphatic heterocycles. The van der Waals surface area contributed by atoms with E-state index in [0.29, 0.717) is 11.7 Å². The second kappa shape index (κ2) is 5.88. The Bertz CT molecular complexity index is 530. The van der Waals surface area contributed by atoms with Crippen LogP contribution < -0.4 is 10.0 Å². The Morgan fingerprint density at radius 2 is 2.05 bits per heavy atom. The Morgan fingerprint density at radius 1 is 1.32 bits per heavy atom. The molecule has 2 unspecified atom stereocenters. The van der Waals surface area contributed by atoms with E-state index in [1.165, 1.54) is 18.7 Å². The maximum atomic E-state index is 12.3. The average Bonchev–Trinajstić information content (AvgIpc) is 2.41. The van der Waals surface area contributed by atoms with Gasteiger partial charge in [0.05, 0.1) is 4.90 Å². The standard InChI is InChI=1S/C13H21N3O2S/c1-10-5-3-4-6-12(10)16-19(17,18)11-7-8-15-13(9-11)14-2/h7-10,12,16H,3-6H2,1-2H3,(H,14,15). The predicted octanol–water partition coefficient (Wildman–Crippen LogP) is 1.98. The SMILES string of the molecule is CNc1cc(S(=O)(=O)NC2CCCCC2C)ccn1. The number of aromatic nitrogens is 1. The molecule has 2 atom stereocenters. The lowest BCUT2D eigenvalue weighted by Gasteiger charge is -2.29. The van der Waals surface area contributed by atoms with Crippen LogP contribution >= 0.6 is 0 Å². The van der Waals surface area contributed by atoms with E-state index < -0.39 is 10.0 Å². The molecule has 1 fully saturated rings. The van der Waals surface area contributed by atoms with Crippen LogP contribution in [0.15, 0.2) is 23.2 Å². The summed E-state index contributed by atoms with van der Waals surface area (Å²) in [4.78, 5) is 4.30. The van der Waals surface area contributed by atoms with Crippen LogP contribution in [-0.4, -0.2) is 26.5 Å². The zero-order valence-electron chi connectivity index (χ0n) is 11.4. The van der Waals surface area contributed by atoms with Crippen LogP contribution in [0.3, 0.4) is 0 Å². The summed E-state index contributed by atoms with van der Waals surface area (Å²) in [5, 5.41) is 2.85. The summed E-state index contributed by atoms with van der Waals surface area (Å²) in [5.74, 6) is 0.953. The Kier molecular flexibility index (Phi) is 4.42. The van der Waals surface area contributed by atoms with E-state index in [1.54, 1.807) is 13.1 Å². The van der Waals surface area contributed by atoms with Gasteiger partial charge in [-0.3, -0.25) is 0 Å². The van der Waals surface area contributed by atoms with Crippen LogP contribution in [-0.2, 0) is 10.0 Å². The van der Waals surface area contributed by atoms with Crippen molar-refractivity contribution in [3.05, 3.63) is 18.3 Å². The predicted molar refractivity (Wildman–Crippen MR) is 75.5 cm³/mol. The number of nitrogens with one attached hydrogen (secondary N) is 2. The molecule has 1 aromatic heterocycles. The molecule has 1 aliphatic rings. The summed E-state index contributed by atoms with van der Waals surface area (Å²) >= 11 is 0. The molecule has 1 heterocycles. The number of hydrogen-bond donors (Lipinski definition) is 2. The summed E-state index contributed by atoms with van der Waals surface area (Å²) in [6.45, 7) is 2.11. The van der Waals surface area contributed by atoms with Gasteiger partial charge in [-0.1, -0.05) is 19.8 Å². The Morgan fingerprint density at radius 3 is 2.74 bits per heavy atom. The summed E-state index contributed by atoms with van der Waals surface area (Å²) in [5.41, 5.74) is 0. The first-order chi connectivity index (χ1) is 9.03. The van der Waals surface area contributed by atoms with Gasteiger partial charge in [-0.2, -0.15) is 0 Å². The van der Waals surface area contributed by atoms with Crippen LogP contribution in [0.2, 0.25) is 0 Å². The number of anilines is 1. The third kappa shape index (κ3) is 3.45. The molecule has 0 radical (unpaired) electrons. The largest absolute Gasteiger partial charge is 0.373 e. The van der Waals surface area contributed by atoms with Gasteiger partial charge in [0.15, 0.2) is 0 Å². The highest BCUT2D eigenvalue weighted by atomic mass is 32.2. The van der Waals surface area contributed by atoms with Crippen molar-refractivity contribution >= 4 is 15.8 Å². The lowest BCUT2D eigenvalue weighted by Crippen LogP contribution is -2.40. The first-order valence-electron chi connectivity index (χ1n) is 6.69. The average molecular weight is 283 g/mol. The first-order valence-corrected chi connectivity index (χ1v) is 8.17. The molecule has 5 nitrogen and oxygen atoms in total. The van der Waals surface area contributed by atoms with Gasteiger partial charge in [-0.15, -0.1) is 0 Å². The third-order valence-corrected chi connectivity index (χ3v) is 5.20. The van der Waals surface area contributed by atoms with Crippen molar-refractivity contribution in [2.45, 2.75) is 43.5 Å². The van der Waals surface area contributed by atoms with E-state index >= 15 is 0 Å². The van der Waals surface area contributed by atoms with Crippen LogP contribution in [0.4, 0.5) is 5.82 Å². The second-order valence-corrected chi connectivity index (χ2v) is 6.83. The molecule has 2 rings (SSSR count). The van der Waals surface area contributed by atoms with Gasteiger partial charge in [0, 0.05) is 25.4 Å². The fraction of sp³-hybridized carbons (Fsp3) is 0.615. The smallest absolute Gasteiger partial charge is 0.241 e. The molecule has 0 spiro atoms. The van der Waals surface area contributed by atoms with E-state index in [9.17, 15) is 8.42 Å². The van der Waals surface area contributed by atoms with E-state index in [-0.39, 0.29) is 10.9 Å². The minimum Gasteiger partial charge on any atom is -0.373 e. The van der Waals surface area contributed by atoms with Crippen LogP contribution in [0, 0.1) is 5.92 Å². The second-order valence-electron chi connectivity index (χ2n) is 5.12. The van der Waals surface area contributed by atoms with E-state index in [2.05, 4.69) is 21.9 Å².